The van der Waals surface area contributed by atoms with Crippen molar-refractivity contribution >= 4 is 17.3 Å². The first-order valence-corrected chi connectivity index (χ1v) is 7.61. The minimum Gasteiger partial charge on any atom is -0.385 e. The summed E-state index contributed by atoms with van der Waals surface area (Å²) in [4.78, 5) is 15.8. The molecule has 1 amide bonds. The maximum Gasteiger partial charge on any atom is 0.219 e. The number of anilines is 2. The van der Waals surface area contributed by atoms with Crippen molar-refractivity contribution in [2.45, 2.75) is 26.2 Å². The van der Waals surface area contributed by atoms with Crippen LogP contribution < -0.4 is 10.2 Å². The molecule has 1 N–H and O–H groups in total. The molecule has 0 saturated carbocycles. The lowest BCUT2D eigenvalue weighted by Gasteiger charge is -2.26. The third-order valence-corrected chi connectivity index (χ3v) is 4.34. The van der Waals surface area contributed by atoms with Gasteiger partial charge in [-0.1, -0.05) is 6.07 Å². The summed E-state index contributed by atoms with van der Waals surface area (Å²) in [7, 11) is 0. The standard InChI is InChI=1S/C16H23N3O/c1-13(20)18-8-3-9-19(11-10-18)15-6-5-14-4-2-7-17-16(14)12-15/h5-6,12,17H,2-4,7-11H2,1H3. The summed E-state index contributed by atoms with van der Waals surface area (Å²) in [6.07, 6.45) is 3.45. The number of nitrogens with one attached hydrogen (secondary N) is 1. The molecule has 0 bridgehead atoms. The van der Waals surface area contributed by atoms with Crippen LogP contribution in [0.25, 0.3) is 0 Å². The zero-order chi connectivity index (χ0) is 13.9. The summed E-state index contributed by atoms with van der Waals surface area (Å²) in [6.45, 7) is 6.42. The third kappa shape index (κ3) is 2.74. The zero-order valence-corrected chi connectivity index (χ0v) is 12.2. The minimum absolute atomic E-state index is 0.193. The highest BCUT2D eigenvalue weighted by Gasteiger charge is 2.18. The molecule has 1 saturated heterocycles. The summed E-state index contributed by atoms with van der Waals surface area (Å²) < 4.78 is 0. The van der Waals surface area contributed by atoms with Crippen LogP contribution in [0.4, 0.5) is 11.4 Å². The Balaban J connectivity index is 1.74. The maximum atomic E-state index is 11.5. The van der Waals surface area contributed by atoms with Gasteiger partial charge >= 0.3 is 0 Å². The highest BCUT2D eigenvalue weighted by molar-refractivity contribution is 5.73. The second-order valence-electron chi connectivity index (χ2n) is 5.72. The highest BCUT2D eigenvalue weighted by Crippen LogP contribution is 2.28. The van der Waals surface area contributed by atoms with Crippen molar-refractivity contribution in [2.24, 2.45) is 0 Å². The summed E-state index contributed by atoms with van der Waals surface area (Å²) in [5.41, 5.74) is 4.00. The number of amides is 1. The van der Waals surface area contributed by atoms with Crippen molar-refractivity contribution in [1.29, 1.82) is 0 Å². The first kappa shape index (κ1) is 13.3. The van der Waals surface area contributed by atoms with Crippen molar-refractivity contribution in [2.75, 3.05) is 42.9 Å². The van der Waals surface area contributed by atoms with Gasteiger partial charge in [0.05, 0.1) is 0 Å². The fourth-order valence-corrected chi connectivity index (χ4v) is 3.14. The van der Waals surface area contributed by atoms with Gasteiger partial charge in [-0.15, -0.1) is 0 Å². The fraction of sp³-hybridized carbons (Fsp3) is 0.562. The number of carbonyl (C=O) groups is 1. The molecule has 2 aliphatic heterocycles. The quantitative estimate of drug-likeness (QED) is 0.851. The largest absolute Gasteiger partial charge is 0.385 e. The van der Waals surface area contributed by atoms with Gasteiger partial charge in [-0.25, -0.2) is 0 Å². The van der Waals surface area contributed by atoms with Crippen LogP contribution in [-0.4, -0.2) is 43.5 Å². The minimum atomic E-state index is 0.193. The van der Waals surface area contributed by atoms with E-state index in [4.69, 9.17) is 0 Å². The Bertz CT molecular complexity index is 500. The summed E-state index contributed by atoms with van der Waals surface area (Å²) >= 11 is 0. The average Bonchev–Trinajstić information content (AvgIpc) is 2.73. The first-order chi connectivity index (χ1) is 9.74. The SMILES string of the molecule is CC(=O)N1CCCN(c2ccc3c(c2)NCCC3)CC1. The molecule has 1 aromatic rings. The van der Waals surface area contributed by atoms with Crippen LogP contribution in [0.3, 0.4) is 0 Å². The van der Waals surface area contributed by atoms with Crippen LogP contribution in [0.15, 0.2) is 18.2 Å². The number of aryl methyl sites for hydroxylation is 1. The molecule has 0 aromatic heterocycles. The Labute approximate surface area is 120 Å². The number of hydrogen-bond acceptors (Lipinski definition) is 3. The molecule has 108 valence electrons. The van der Waals surface area contributed by atoms with Crippen molar-refractivity contribution in [1.82, 2.24) is 4.90 Å². The molecule has 1 aromatic carbocycles. The van der Waals surface area contributed by atoms with E-state index in [1.54, 1.807) is 6.92 Å². The Kier molecular flexibility index (Phi) is 3.81. The van der Waals surface area contributed by atoms with Gasteiger partial charge in [0.2, 0.25) is 5.91 Å². The third-order valence-electron chi connectivity index (χ3n) is 4.34. The van der Waals surface area contributed by atoms with Crippen LogP contribution in [-0.2, 0) is 11.2 Å². The molecule has 20 heavy (non-hydrogen) atoms. The normalized spacial score (nSPS) is 19.1. The zero-order valence-electron chi connectivity index (χ0n) is 12.2. The number of fused-ring (bicyclic) bond motifs is 1. The van der Waals surface area contributed by atoms with Crippen molar-refractivity contribution in [3.63, 3.8) is 0 Å². The molecule has 4 nitrogen and oxygen atoms in total. The van der Waals surface area contributed by atoms with Gasteiger partial charge in [-0.05, 0) is 37.0 Å². The van der Waals surface area contributed by atoms with Crippen molar-refractivity contribution in [3.05, 3.63) is 23.8 Å². The number of hydrogen-bond donors (Lipinski definition) is 1. The first-order valence-electron chi connectivity index (χ1n) is 7.61. The molecule has 1 fully saturated rings. The van der Waals surface area contributed by atoms with Crippen LogP contribution in [0.2, 0.25) is 0 Å². The second-order valence-corrected chi connectivity index (χ2v) is 5.72. The van der Waals surface area contributed by atoms with Crippen LogP contribution >= 0.6 is 0 Å². The lowest BCUT2D eigenvalue weighted by atomic mass is 10.0. The predicted octanol–water partition coefficient (Wildman–Crippen LogP) is 2.10. The number of carbonyl (C=O) groups excluding carboxylic acids is 1. The molecule has 3 rings (SSSR count). The molecule has 0 aliphatic carbocycles. The van der Waals surface area contributed by atoms with E-state index in [-0.39, 0.29) is 5.91 Å². The predicted molar refractivity (Wildman–Crippen MR) is 82.3 cm³/mol. The van der Waals surface area contributed by atoms with Gasteiger partial charge in [0, 0.05) is 51.0 Å². The molecule has 0 radical (unpaired) electrons. The van der Waals surface area contributed by atoms with Crippen LogP contribution in [0.1, 0.15) is 25.3 Å². The fourth-order valence-electron chi connectivity index (χ4n) is 3.14. The van der Waals surface area contributed by atoms with Gasteiger partial charge in [0.15, 0.2) is 0 Å². The van der Waals surface area contributed by atoms with E-state index < -0.39 is 0 Å². The van der Waals surface area contributed by atoms with E-state index in [9.17, 15) is 4.79 Å². The van der Waals surface area contributed by atoms with E-state index >= 15 is 0 Å². The van der Waals surface area contributed by atoms with E-state index in [1.807, 2.05) is 4.90 Å². The Morgan fingerprint density at radius 2 is 2.05 bits per heavy atom. The molecule has 0 atom stereocenters. The number of nitrogens with zero attached hydrogens (tertiary/aromatic N) is 2. The molecule has 4 heteroatoms. The van der Waals surface area contributed by atoms with Gasteiger partial charge in [0.1, 0.15) is 0 Å². The lowest BCUT2D eigenvalue weighted by molar-refractivity contribution is -0.128. The van der Waals surface area contributed by atoms with Crippen molar-refractivity contribution < 1.29 is 4.79 Å². The average molecular weight is 273 g/mol. The number of rotatable bonds is 1. The molecule has 0 spiro atoms. The van der Waals surface area contributed by atoms with Crippen LogP contribution in [0.5, 0.6) is 0 Å². The van der Waals surface area contributed by atoms with Crippen molar-refractivity contribution in [3.8, 4) is 0 Å². The lowest BCUT2D eigenvalue weighted by Crippen LogP contribution is -2.33. The summed E-state index contributed by atoms with van der Waals surface area (Å²) in [5, 5.41) is 3.49. The van der Waals surface area contributed by atoms with Gasteiger partial charge in [-0.2, -0.15) is 0 Å². The van der Waals surface area contributed by atoms with E-state index in [0.717, 1.165) is 39.1 Å². The molecular weight excluding hydrogens is 250 g/mol. The van der Waals surface area contributed by atoms with Gasteiger partial charge < -0.3 is 15.1 Å². The molecule has 2 aliphatic rings. The smallest absolute Gasteiger partial charge is 0.219 e. The second kappa shape index (κ2) is 5.73. The molecular formula is C16H23N3O. The molecule has 2 heterocycles. The molecule has 0 unspecified atom stereocenters. The Morgan fingerprint density at radius 1 is 1.15 bits per heavy atom. The maximum absolute atomic E-state index is 11.5. The Hall–Kier alpha value is -1.71. The van der Waals surface area contributed by atoms with Gasteiger partial charge in [-0.3, -0.25) is 4.79 Å². The van der Waals surface area contributed by atoms with Crippen LogP contribution in [0, 0.1) is 0 Å². The summed E-state index contributed by atoms with van der Waals surface area (Å²) in [5.74, 6) is 0.193. The number of benzene rings is 1. The Morgan fingerprint density at radius 3 is 2.90 bits per heavy atom. The topological polar surface area (TPSA) is 35.6 Å². The highest BCUT2D eigenvalue weighted by atomic mass is 16.2. The monoisotopic (exact) mass is 273 g/mol. The van der Waals surface area contributed by atoms with E-state index in [1.165, 1.54) is 29.8 Å². The van der Waals surface area contributed by atoms with E-state index in [2.05, 4.69) is 28.4 Å². The van der Waals surface area contributed by atoms with E-state index in [0.29, 0.717) is 0 Å². The van der Waals surface area contributed by atoms with Gasteiger partial charge in [0.25, 0.3) is 0 Å². The summed E-state index contributed by atoms with van der Waals surface area (Å²) in [6, 6.07) is 6.76.